The van der Waals surface area contributed by atoms with Gasteiger partial charge in [0.15, 0.2) is 5.96 Å². The summed E-state index contributed by atoms with van der Waals surface area (Å²) in [6.45, 7) is 3.40. The van der Waals surface area contributed by atoms with Gasteiger partial charge in [0.25, 0.3) is 0 Å². The molecule has 6 heteroatoms. The molecule has 0 saturated carbocycles. The van der Waals surface area contributed by atoms with Gasteiger partial charge in [0, 0.05) is 17.9 Å². The van der Waals surface area contributed by atoms with Crippen LogP contribution in [0.3, 0.4) is 0 Å². The Labute approximate surface area is 124 Å². The third-order valence-electron chi connectivity index (χ3n) is 2.52. The van der Waals surface area contributed by atoms with E-state index in [1.165, 1.54) is 0 Å². The Morgan fingerprint density at radius 3 is 2.50 bits per heavy atom. The van der Waals surface area contributed by atoms with Crippen LogP contribution >= 0.6 is 12.4 Å². The van der Waals surface area contributed by atoms with Crippen LogP contribution in [0.15, 0.2) is 52.1 Å². The van der Waals surface area contributed by atoms with Gasteiger partial charge >= 0.3 is 0 Å². The molecule has 0 aliphatic rings. The van der Waals surface area contributed by atoms with Gasteiger partial charge in [-0.1, -0.05) is 0 Å². The second-order valence-corrected chi connectivity index (χ2v) is 4.01. The van der Waals surface area contributed by atoms with E-state index in [2.05, 4.69) is 22.5 Å². The number of aliphatic imine (C=N–C) groups is 1. The summed E-state index contributed by atoms with van der Waals surface area (Å²) in [5.74, 6) is 1.15. The molecule has 0 aliphatic carbocycles. The van der Waals surface area contributed by atoms with Gasteiger partial charge in [0.05, 0.1) is 6.26 Å². The van der Waals surface area contributed by atoms with Crippen molar-refractivity contribution in [1.29, 1.82) is 0 Å². The molecule has 5 nitrogen and oxygen atoms in total. The van der Waals surface area contributed by atoms with Crippen LogP contribution in [-0.2, 0) is 6.54 Å². The Hall–Kier alpha value is -2.14. The topological polar surface area (TPSA) is 75.6 Å². The average molecular weight is 295 g/mol. The number of nitrogens with two attached hydrogens (primary N) is 1. The van der Waals surface area contributed by atoms with Gasteiger partial charge in [0.2, 0.25) is 0 Å². The Morgan fingerprint density at radius 2 is 1.90 bits per heavy atom. The molecule has 0 spiro atoms. The first-order valence-corrected chi connectivity index (χ1v) is 6.21. The largest absolute Gasteiger partial charge is 0.467 e. The Bertz CT molecular complexity index is 523. The van der Waals surface area contributed by atoms with Crippen LogP contribution in [-0.4, -0.2) is 12.5 Å². The van der Waals surface area contributed by atoms with Crippen molar-refractivity contribution in [1.82, 2.24) is 0 Å². The van der Waals surface area contributed by atoms with Crippen LogP contribution in [0.1, 0.15) is 12.7 Å². The first kappa shape index (κ1) is 15.9. The quantitative estimate of drug-likeness (QED) is 0.585. The predicted octanol–water partition coefficient (Wildman–Crippen LogP) is 3.06. The minimum atomic E-state index is 0. The van der Waals surface area contributed by atoms with Gasteiger partial charge in [-0.15, -0.1) is 12.4 Å². The molecule has 2 rings (SSSR count). The number of hydrogen-bond donors (Lipinski definition) is 3. The highest BCUT2D eigenvalue weighted by Gasteiger charge is 1.97. The summed E-state index contributed by atoms with van der Waals surface area (Å²) in [7, 11) is 0. The SMILES string of the molecule is CCNc1ccc(NC(N)=NCc2ccco2)cc1.Cl. The van der Waals surface area contributed by atoms with Crippen molar-refractivity contribution in [2.45, 2.75) is 13.5 Å². The van der Waals surface area contributed by atoms with E-state index in [9.17, 15) is 0 Å². The number of guanidine groups is 1. The normalized spacial score (nSPS) is 10.8. The highest BCUT2D eigenvalue weighted by atomic mass is 35.5. The molecule has 2 aromatic rings. The summed E-state index contributed by atoms with van der Waals surface area (Å²) in [4.78, 5) is 4.19. The standard InChI is InChI=1S/C14H18N4O.ClH/c1-2-16-11-5-7-12(8-6-11)18-14(15)17-10-13-4-3-9-19-13;/h3-9,16H,2,10H2,1H3,(H3,15,17,18);1H. The number of halogens is 1. The molecule has 108 valence electrons. The monoisotopic (exact) mass is 294 g/mol. The Balaban J connectivity index is 0.00000200. The van der Waals surface area contributed by atoms with Gasteiger partial charge in [-0.2, -0.15) is 0 Å². The number of rotatable bonds is 5. The van der Waals surface area contributed by atoms with Crippen LogP contribution < -0.4 is 16.4 Å². The summed E-state index contributed by atoms with van der Waals surface area (Å²) in [5.41, 5.74) is 7.79. The maximum Gasteiger partial charge on any atom is 0.193 e. The second-order valence-electron chi connectivity index (χ2n) is 4.01. The summed E-state index contributed by atoms with van der Waals surface area (Å²) in [6.07, 6.45) is 1.62. The molecule has 0 unspecified atom stereocenters. The minimum Gasteiger partial charge on any atom is -0.467 e. The van der Waals surface area contributed by atoms with Crippen LogP contribution in [0.2, 0.25) is 0 Å². The summed E-state index contributed by atoms with van der Waals surface area (Å²) in [6, 6.07) is 11.6. The number of anilines is 2. The smallest absolute Gasteiger partial charge is 0.193 e. The highest BCUT2D eigenvalue weighted by molar-refractivity contribution is 5.92. The zero-order valence-corrected chi connectivity index (χ0v) is 12.1. The van der Waals surface area contributed by atoms with Crippen LogP contribution in [0.25, 0.3) is 0 Å². The maximum absolute atomic E-state index is 5.80. The molecular weight excluding hydrogens is 276 g/mol. The summed E-state index contributed by atoms with van der Waals surface area (Å²) in [5, 5.41) is 6.26. The number of nitrogens with one attached hydrogen (secondary N) is 2. The van der Waals surface area contributed by atoms with E-state index >= 15 is 0 Å². The van der Waals surface area contributed by atoms with Gasteiger partial charge in [-0.05, 0) is 43.3 Å². The minimum absolute atomic E-state index is 0. The fraction of sp³-hybridized carbons (Fsp3) is 0.214. The molecule has 0 atom stereocenters. The van der Waals surface area contributed by atoms with E-state index in [4.69, 9.17) is 10.2 Å². The zero-order chi connectivity index (χ0) is 13.5. The fourth-order valence-electron chi connectivity index (χ4n) is 1.63. The second kappa shape index (κ2) is 8.12. The van der Waals surface area contributed by atoms with E-state index in [0.717, 1.165) is 23.7 Å². The molecule has 0 amide bonds. The lowest BCUT2D eigenvalue weighted by Gasteiger charge is -2.07. The number of benzene rings is 1. The third-order valence-corrected chi connectivity index (χ3v) is 2.52. The maximum atomic E-state index is 5.80. The van der Waals surface area contributed by atoms with Crippen molar-refractivity contribution in [3.63, 3.8) is 0 Å². The fourth-order valence-corrected chi connectivity index (χ4v) is 1.63. The summed E-state index contributed by atoms with van der Waals surface area (Å²) >= 11 is 0. The van der Waals surface area contributed by atoms with Crippen molar-refractivity contribution in [3.05, 3.63) is 48.4 Å². The lowest BCUT2D eigenvalue weighted by molar-refractivity contribution is 0.513. The van der Waals surface area contributed by atoms with Crippen molar-refractivity contribution in [2.75, 3.05) is 17.2 Å². The summed E-state index contributed by atoms with van der Waals surface area (Å²) < 4.78 is 5.18. The molecule has 0 aliphatic heterocycles. The first-order valence-electron chi connectivity index (χ1n) is 6.21. The van der Waals surface area contributed by atoms with Gasteiger partial charge in [-0.3, -0.25) is 0 Å². The molecule has 1 aromatic heterocycles. The van der Waals surface area contributed by atoms with Crippen molar-refractivity contribution < 1.29 is 4.42 Å². The Morgan fingerprint density at radius 1 is 1.20 bits per heavy atom. The molecule has 1 heterocycles. The van der Waals surface area contributed by atoms with Crippen molar-refractivity contribution in [3.8, 4) is 0 Å². The molecule has 0 fully saturated rings. The predicted molar refractivity (Wildman–Crippen MR) is 85.5 cm³/mol. The Kier molecular flexibility index (Phi) is 6.46. The zero-order valence-electron chi connectivity index (χ0n) is 11.3. The lowest BCUT2D eigenvalue weighted by Crippen LogP contribution is -2.22. The van der Waals surface area contributed by atoms with Gasteiger partial charge in [-0.25, -0.2) is 4.99 Å². The van der Waals surface area contributed by atoms with E-state index in [1.54, 1.807) is 6.26 Å². The molecule has 1 aromatic carbocycles. The van der Waals surface area contributed by atoms with Crippen molar-refractivity contribution >= 4 is 29.7 Å². The molecular formula is C14H19ClN4O. The van der Waals surface area contributed by atoms with Gasteiger partial charge in [0.1, 0.15) is 12.3 Å². The first-order chi connectivity index (χ1) is 9.28. The third kappa shape index (κ3) is 4.85. The number of hydrogen-bond acceptors (Lipinski definition) is 3. The molecule has 0 bridgehead atoms. The van der Waals surface area contributed by atoms with E-state index in [-0.39, 0.29) is 12.4 Å². The van der Waals surface area contributed by atoms with Gasteiger partial charge < -0.3 is 20.8 Å². The molecule has 20 heavy (non-hydrogen) atoms. The molecule has 4 N–H and O–H groups in total. The number of nitrogens with zero attached hydrogens (tertiary/aromatic N) is 1. The highest BCUT2D eigenvalue weighted by Crippen LogP contribution is 2.13. The van der Waals surface area contributed by atoms with Crippen LogP contribution in [0, 0.1) is 0 Å². The van der Waals surface area contributed by atoms with Crippen molar-refractivity contribution in [2.24, 2.45) is 10.7 Å². The average Bonchev–Trinajstić information content (AvgIpc) is 2.92. The molecule has 0 saturated heterocycles. The van der Waals surface area contributed by atoms with Crippen LogP contribution in [0.4, 0.5) is 11.4 Å². The van der Waals surface area contributed by atoms with E-state index in [1.807, 2.05) is 36.4 Å². The lowest BCUT2D eigenvalue weighted by atomic mass is 10.3. The van der Waals surface area contributed by atoms with Crippen LogP contribution in [0.5, 0.6) is 0 Å². The van der Waals surface area contributed by atoms with E-state index < -0.39 is 0 Å². The number of furan rings is 1. The van der Waals surface area contributed by atoms with E-state index in [0.29, 0.717) is 12.5 Å². The molecule has 0 radical (unpaired) electrons.